The summed E-state index contributed by atoms with van der Waals surface area (Å²) in [6, 6.07) is 3.99. The highest BCUT2D eigenvalue weighted by Crippen LogP contribution is 2.33. The Morgan fingerprint density at radius 2 is 1.89 bits per heavy atom. The lowest BCUT2D eigenvalue weighted by Crippen LogP contribution is -2.42. The van der Waals surface area contributed by atoms with E-state index in [0.717, 1.165) is 37.8 Å². The number of nitrogen functional groups attached to an aromatic ring is 1. The van der Waals surface area contributed by atoms with Crippen LogP contribution in [0.1, 0.15) is 11.1 Å². The van der Waals surface area contributed by atoms with E-state index in [4.69, 9.17) is 5.73 Å². The molecule has 0 spiro atoms. The first kappa shape index (κ1) is 13.2. The molecule has 1 fully saturated rings. The van der Waals surface area contributed by atoms with Gasteiger partial charge in [0, 0.05) is 38.4 Å². The van der Waals surface area contributed by atoms with Crippen molar-refractivity contribution in [3.63, 3.8) is 0 Å². The van der Waals surface area contributed by atoms with Gasteiger partial charge >= 0.3 is 6.18 Å². The summed E-state index contributed by atoms with van der Waals surface area (Å²) in [7, 11) is 0. The summed E-state index contributed by atoms with van der Waals surface area (Å²) in [4.78, 5) is 2.19. The first-order valence-electron chi connectivity index (χ1n) is 5.85. The Kier molecular flexibility index (Phi) is 3.77. The standard InChI is InChI=1S/C12H16F3N3/c13-12(14,15)10-2-1-9(7-11(10)16)8-18-5-3-17-4-6-18/h1-2,7,17H,3-6,8,16H2. The molecular weight excluding hydrogens is 243 g/mol. The molecule has 0 aliphatic carbocycles. The summed E-state index contributed by atoms with van der Waals surface area (Å²) < 4.78 is 37.6. The number of halogens is 3. The molecular formula is C12H16F3N3. The highest BCUT2D eigenvalue weighted by molar-refractivity contribution is 5.50. The van der Waals surface area contributed by atoms with E-state index in [9.17, 15) is 13.2 Å². The van der Waals surface area contributed by atoms with Crippen molar-refractivity contribution in [1.29, 1.82) is 0 Å². The van der Waals surface area contributed by atoms with Crippen molar-refractivity contribution in [2.75, 3.05) is 31.9 Å². The van der Waals surface area contributed by atoms with Crippen LogP contribution >= 0.6 is 0 Å². The van der Waals surface area contributed by atoms with Crippen LogP contribution < -0.4 is 11.1 Å². The molecule has 100 valence electrons. The Hall–Kier alpha value is -1.27. The van der Waals surface area contributed by atoms with Crippen LogP contribution in [0.5, 0.6) is 0 Å². The molecule has 3 N–H and O–H groups in total. The maximum absolute atomic E-state index is 12.5. The van der Waals surface area contributed by atoms with E-state index in [1.165, 1.54) is 12.1 Å². The summed E-state index contributed by atoms with van der Waals surface area (Å²) in [6.45, 7) is 4.28. The highest BCUT2D eigenvalue weighted by Gasteiger charge is 2.32. The van der Waals surface area contributed by atoms with Crippen LogP contribution in [0, 0.1) is 0 Å². The maximum atomic E-state index is 12.5. The van der Waals surface area contributed by atoms with E-state index >= 15 is 0 Å². The minimum absolute atomic E-state index is 0.199. The molecule has 0 unspecified atom stereocenters. The Balaban J connectivity index is 2.08. The van der Waals surface area contributed by atoms with Crippen molar-refractivity contribution in [1.82, 2.24) is 10.2 Å². The van der Waals surface area contributed by atoms with Gasteiger partial charge in [-0.25, -0.2) is 0 Å². The fourth-order valence-electron chi connectivity index (χ4n) is 2.10. The van der Waals surface area contributed by atoms with Gasteiger partial charge in [-0.3, -0.25) is 4.90 Å². The van der Waals surface area contributed by atoms with E-state index < -0.39 is 11.7 Å². The zero-order valence-electron chi connectivity index (χ0n) is 9.93. The Morgan fingerprint density at radius 3 is 2.44 bits per heavy atom. The molecule has 0 saturated carbocycles. The second-order valence-electron chi connectivity index (χ2n) is 4.45. The fraction of sp³-hybridized carbons (Fsp3) is 0.500. The molecule has 18 heavy (non-hydrogen) atoms. The van der Waals surface area contributed by atoms with E-state index in [1.54, 1.807) is 0 Å². The van der Waals surface area contributed by atoms with Crippen molar-refractivity contribution >= 4 is 5.69 Å². The fourth-order valence-corrected chi connectivity index (χ4v) is 2.10. The number of nitrogens with zero attached hydrogens (tertiary/aromatic N) is 1. The van der Waals surface area contributed by atoms with E-state index in [0.29, 0.717) is 6.54 Å². The van der Waals surface area contributed by atoms with Crippen LogP contribution in [0.15, 0.2) is 18.2 Å². The molecule has 6 heteroatoms. The van der Waals surface area contributed by atoms with Crippen molar-refractivity contribution in [3.05, 3.63) is 29.3 Å². The molecule has 1 heterocycles. The SMILES string of the molecule is Nc1cc(CN2CCNCC2)ccc1C(F)(F)F. The Labute approximate surface area is 104 Å². The maximum Gasteiger partial charge on any atom is 0.418 e. The normalized spacial score (nSPS) is 17.9. The van der Waals surface area contributed by atoms with Crippen LogP contribution in [0.25, 0.3) is 0 Å². The van der Waals surface area contributed by atoms with E-state index in [1.807, 2.05) is 0 Å². The monoisotopic (exact) mass is 259 g/mol. The summed E-state index contributed by atoms with van der Waals surface area (Å²) in [6.07, 6.45) is -4.38. The third-order valence-electron chi connectivity index (χ3n) is 3.04. The predicted molar refractivity (Wildman–Crippen MR) is 64.0 cm³/mol. The number of alkyl halides is 3. The lowest BCUT2D eigenvalue weighted by Gasteiger charge is -2.27. The third-order valence-corrected chi connectivity index (χ3v) is 3.04. The minimum Gasteiger partial charge on any atom is -0.398 e. The first-order valence-corrected chi connectivity index (χ1v) is 5.85. The number of hydrogen-bond acceptors (Lipinski definition) is 3. The third kappa shape index (κ3) is 3.14. The highest BCUT2D eigenvalue weighted by atomic mass is 19.4. The molecule has 0 aromatic heterocycles. The Bertz CT molecular complexity index is 412. The largest absolute Gasteiger partial charge is 0.418 e. The number of benzene rings is 1. The predicted octanol–water partition coefficient (Wildman–Crippen LogP) is 1.69. The van der Waals surface area contributed by atoms with Gasteiger partial charge in [0.2, 0.25) is 0 Å². The lowest BCUT2D eigenvalue weighted by molar-refractivity contribution is -0.136. The van der Waals surface area contributed by atoms with Gasteiger partial charge in [-0.1, -0.05) is 6.07 Å². The first-order chi connectivity index (χ1) is 8.47. The van der Waals surface area contributed by atoms with Crippen LogP contribution in [-0.4, -0.2) is 31.1 Å². The number of rotatable bonds is 2. The number of hydrogen-bond donors (Lipinski definition) is 2. The molecule has 1 aliphatic rings. The van der Waals surface area contributed by atoms with Gasteiger partial charge in [-0.05, 0) is 17.7 Å². The van der Waals surface area contributed by atoms with Gasteiger partial charge in [-0.15, -0.1) is 0 Å². The van der Waals surface area contributed by atoms with Crippen molar-refractivity contribution < 1.29 is 13.2 Å². The van der Waals surface area contributed by atoms with Crippen molar-refractivity contribution in [3.8, 4) is 0 Å². The summed E-state index contributed by atoms with van der Waals surface area (Å²) in [5, 5.41) is 3.23. The van der Waals surface area contributed by atoms with Crippen molar-refractivity contribution in [2.45, 2.75) is 12.7 Å². The minimum atomic E-state index is -4.38. The molecule has 0 atom stereocenters. The van der Waals surface area contributed by atoms with Gasteiger partial charge in [0.15, 0.2) is 0 Å². The number of nitrogens with one attached hydrogen (secondary N) is 1. The number of piperazine rings is 1. The topological polar surface area (TPSA) is 41.3 Å². The lowest BCUT2D eigenvalue weighted by atomic mass is 10.1. The zero-order chi connectivity index (χ0) is 13.2. The Morgan fingerprint density at radius 1 is 1.22 bits per heavy atom. The molecule has 1 aromatic carbocycles. The zero-order valence-corrected chi connectivity index (χ0v) is 9.93. The average Bonchev–Trinajstić information content (AvgIpc) is 2.28. The molecule has 1 aromatic rings. The van der Waals surface area contributed by atoms with Gasteiger partial charge in [0.25, 0.3) is 0 Å². The molecule has 2 rings (SSSR count). The molecule has 3 nitrogen and oxygen atoms in total. The van der Waals surface area contributed by atoms with Gasteiger partial charge in [0.1, 0.15) is 0 Å². The molecule has 0 bridgehead atoms. The van der Waals surface area contributed by atoms with Crippen LogP contribution in [0.2, 0.25) is 0 Å². The molecule has 0 amide bonds. The second-order valence-corrected chi connectivity index (χ2v) is 4.45. The smallest absolute Gasteiger partial charge is 0.398 e. The van der Waals surface area contributed by atoms with Gasteiger partial charge < -0.3 is 11.1 Å². The van der Waals surface area contributed by atoms with Crippen LogP contribution in [0.3, 0.4) is 0 Å². The second kappa shape index (κ2) is 5.16. The summed E-state index contributed by atoms with van der Waals surface area (Å²) in [5.41, 5.74) is 5.33. The number of nitrogens with two attached hydrogens (primary N) is 1. The molecule has 1 saturated heterocycles. The van der Waals surface area contributed by atoms with Gasteiger partial charge in [-0.2, -0.15) is 13.2 Å². The van der Waals surface area contributed by atoms with E-state index in [2.05, 4.69) is 10.2 Å². The van der Waals surface area contributed by atoms with Crippen LogP contribution in [0.4, 0.5) is 18.9 Å². The summed E-state index contributed by atoms with van der Waals surface area (Å²) in [5.74, 6) is 0. The van der Waals surface area contributed by atoms with Gasteiger partial charge in [0.05, 0.1) is 5.56 Å². The van der Waals surface area contributed by atoms with Crippen LogP contribution in [-0.2, 0) is 12.7 Å². The van der Waals surface area contributed by atoms with Crippen molar-refractivity contribution in [2.24, 2.45) is 0 Å². The molecule has 1 aliphatic heterocycles. The molecule has 0 radical (unpaired) electrons. The summed E-state index contributed by atoms with van der Waals surface area (Å²) >= 11 is 0. The number of anilines is 1. The average molecular weight is 259 g/mol. The quantitative estimate of drug-likeness (QED) is 0.794. The van der Waals surface area contributed by atoms with E-state index in [-0.39, 0.29) is 5.69 Å².